The fourth-order valence-corrected chi connectivity index (χ4v) is 0.692. The van der Waals surface area contributed by atoms with Crippen LogP contribution in [-0.2, 0) is 0 Å². The molecular weight excluding hydrogens is 104 g/mol. The highest BCUT2D eigenvalue weighted by molar-refractivity contribution is 8.12. The van der Waals surface area contributed by atoms with Crippen LogP contribution in [0, 0.1) is 0 Å². The van der Waals surface area contributed by atoms with E-state index < -0.39 is 0 Å². The molecule has 0 spiro atoms. The molecule has 0 radical (unpaired) electrons. The van der Waals surface area contributed by atoms with Crippen molar-refractivity contribution in [2.75, 3.05) is 5.88 Å². The van der Waals surface area contributed by atoms with Crippen molar-refractivity contribution in [1.82, 2.24) is 0 Å². The minimum Gasteiger partial charge on any atom is -0.121 e. The van der Waals surface area contributed by atoms with Crippen molar-refractivity contribution in [2.24, 2.45) is 0 Å². The molecule has 0 aromatic heterocycles. The van der Waals surface area contributed by atoms with Crippen LogP contribution < -0.4 is 0 Å². The molecule has 5 heavy (non-hydrogen) atoms. The molecule has 1 aliphatic heterocycles. The molecule has 0 atom stereocenters. The van der Waals surface area contributed by atoms with Crippen LogP contribution in [0.2, 0.25) is 0 Å². The van der Waals surface area contributed by atoms with Gasteiger partial charge in [-0.25, -0.2) is 0 Å². The summed E-state index contributed by atoms with van der Waals surface area (Å²) in [5.74, 6) is 0.713. The smallest absolute Gasteiger partial charge is 0.0542 e. The maximum atomic E-state index is 5.31. The van der Waals surface area contributed by atoms with Gasteiger partial charge in [-0.1, -0.05) is 11.8 Å². The molecule has 2 heteroatoms. The summed E-state index contributed by atoms with van der Waals surface area (Å²) in [7, 11) is 0. The summed E-state index contributed by atoms with van der Waals surface area (Å²) >= 11 is 7.04. The van der Waals surface area contributed by atoms with E-state index in [1.807, 2.05) is 5.41 Å². The Labute approximate surface area is 40.2 Å². The Kier molecular flexibility index (Phi) is 0.877. The van der Waals surface area contributed by atoms with E-state index in [1.54, 1.807) is 11.8 Å². The van der Waals surface area contributed by atoms with Gasteiger partial charge in [-0.15, -0.1) is 11.6 Å². The maximum absolute atomic E-state index is 5.31. The lowest BCUT2D eigenvalue weighted by Gasteiger charge is -1.63. The zero-order chi connectivity index (χ0) is 3.70. The highest BCUT2D eigenvalue weighted by Gasteiger charge is 2.03. The standard InChI is InChI=1S/C3H3ClS/c4-1-3-2-5-3/h2H,1H2. The van der Waals surface area contributed by atoms with Gasteiger partial charge in [-0.05, 0) is 5.41 Å². The summed E-state index contributed by atoms with van der Waals surface area (Å²) in [6, 6.07) is 0. The first-order valence-corrected chi connectivity index (χ1v) is 2.76. The van der Waals surface area contributed by atoms with E-state index in [2.05, 4.69) is 0 Å². The lowest BCUT2D eigenvalue weighted by atomic mass is 10.8. The lowest BCUT2D eigenvalue weighted by Crippen LogP contribution is -1.52. The topological polar surface area (TPSA) is 0 Å². The normalized spacial score (nSPS) is 18.2. The molecule has 1 heterocycles. The molecule has 0 N–H and O–H groups in total. The van der Waals surface area contributed by atoms with Crippen molar-refractivity contribution < 1.29 is 0 Å². The van der Waals surface area contributed by atoms with Gasteiger partial charge in [0.15, 0.2) is 0 Å². The fraction of sp³-hybridized carbons (Fsp3) is 0.333. The number of hydrogen-bond acceptors (Lipinski definition) is 1. The van der Waals surface area contributed by atoms with Gasteiger partial charge in [0.1, 0.15) is 0 Å². The van der Waals surface area contributed by atoms with Crippen molar-refractivity contribution in [1.29, 1.82) is 0 Å². The van der Waals surface area contributed by atoms with E-state index in [4.69, 9.17) is 11.6 Å². The minimum absolute atomic E-state index is 0.713. The molecule has 0 bridgehead atoms. The quantitative estimate of drug-likeness (QED) is 0.460. The fourth-order valence-electron chi connectivity index (χ4n) is 0.105. The molecule has 0 saturated carbocycles. The van der Waals surface area contributed by atoms with Gasteiger partial charge in [-0.2, -0.15) is 0 Å². The Morgan fingerprint density at radius 3 is 2.60 bits per heavy atom. The van der Waals surface area contributed by atoms with Gasteiger partial charge in [0.05, 0.1) is 5.88 Å². The minimum atomic E-state index is 0.713. The maximum Gasteiger partial charge on any atom is 0.0542 e. The molecule has 0 unspecified atom stereocenters. The SMILES string of the molecule is ClCC1=CS1. The Morgan fingerprint density at radius 2 is 2.60 bits per heavy atom. The zero-order valence-corrected chi connectivity index (χ0v) is 4.14. The predicted molar refractivity (Wildman–Crippen MR) is 26.4 cm³/mol. The molecule has 28 valence electrons. The summed E-state index contributed by atoms with van der Waals surface area (Å²) in [4.78, 5) is 1.31. The van der Waals surface area contributed by atoms with Crippen molar-refractivity contribution in [3.05, 3.63) is 10.3 Å². The Morgan fingerprint density at radius 1 is 2.00 bits per heavy atom. The molecule has 0 saturated heterocycles. The second-order valence-electron chi connectivity index (χ2n) is 0.836. The largest absolute Gasteiger partial charge is 0.121 e. The van der Waals surface area contributed by atoms with Gasteiger partial charge in [-0.3, -0.25) is 0 Å². The molecule has 1 aliphatic rings. The third kappa shape index (κ3) is 0.857. The lowest BCUT2D eigenvalue weighted by molar-refractivity contribution is 1.78. The molecule has 0 amide bonds. The zero-order valence-electron chi connectivity index (χ0n) is 2.57. The average Bonchev–Trinajstić information content (AvgIpc) is 2.12. The van der Waals surface area contributed by atoms with Crippen LogP contribution >= 0.6 is 23.4 Å². The van der Waals surface area contributed by atoms with Crippen molar-refractivity contribution in [3.8, 4) is 0 Å². The van der Waals surface area contributed by atoms with E-state index >= 15 is 0 Å². The molecule has 0 nitrogen and oxygen atoms in total. The van der Waals surface area contributed by atoms with Crippen LogP contribution in [0.4, 0.5) is 0 Å². The van der Waals surface area contributed by atoms with Gasteiger partial charge in [0, 0.05) is 4.91 Å². The second-order valence-corrected chi connectivity index (χ2v) is 2.10. The first-order valence-electron chi connectivity index (χ1n) is 1.35. The Bertz CT molecular complexity index is 67.3. The highest BCUT2D eigenvalue weighted by Crippen LogP contribution is 2.33. The highest BCUT2D eigenvalue weighted by atomic mass is 35.5. The van der Waals surface area contributed by atoms with E-state index in [-0.39, 0.29) is 0 Å². The molecule has 0 aromatic rings. The van der Waals surface area contributed by atoms with Gasteiger partial charge < -0.3 is 0 Å². The van der Waals surface area contributed by atoms with Crippen LogP contribution in [-0.4, -0.2) is 5.88 Å². The Balaban J connectivity index is 2.22. The number of hydrogen-bond donors (Lipinski definition) is 0. The number of alkyl halides is 1. The molecule has 0 aromatic carbocycles. The predicted octanol–water partition coefficient (Wildman–Crippen LogP) is 1.81. The van der Waals surface area contributed by atoms with Crippen molar-refractivity contribution >= 4 is 23.4 Å². The summed E-state index contributed by atoms with van der Waals surface area (Å²) in [5, 5.41) is 2.05. The second kappa shape index (κ2) is 1.23. The van der Waals surface area contributed by atoms with Gasteiger partial charge >= 0.3 is 0 Å². The van der Waals surface area contributed by atoms with Crippen molar-refractivity contribution in [2.45, 2.75) is 0 Å². The first-order chi connectivity index (χ1) is 2.43. The van der Waals surface area contributed by atoms with E-state index in [1.165, 1.54) is 4.91 Å². The summed E-state index contributed by atoms with van der Waals surface area (Å²) in [6.07, 6.45) is 0. The van der Waals surface area contributed by atoms with Crippen molar-refractivity contribution in [3.63, 3.8) is 0 Å². The molecule has 1 rings (SSSR count). The van der Waals surface area contributed by atoms with Crippen LogP contribution in [0.5, 0.6) is 0 Å². The number of allylic oxidation sites excluding steroid dienone is 1. The van der Waals surface area contributed by atoms with E-state index in [0.29, 0.717) is 5.88 Å². The monoisotopic (exact) mass is 106 g/mol. The summed E-state index contributed by atoms with van der Waals surface area (Å²) in [5.41, 5.74) is 0. The third-order valence-corrected chi connectivity index (χ3v) is 1.58. The average molecular weight is 107 g/mol. The first kappa shape index (κ1) is 3.57. The summed E-state index contributed by atoms with van der Waals surface area (Å²) < 4.78 is 0. The Hall–Kier alpha value is 0.380. The third-order valence-electron chi connectivity index (χ3n) is 0.416. The van der Waals surface area contributed by atoms with Crippen LogP contribution in [0.3, 0.4) is 0 Å². The summed E-state index contributed by atoms with van der Waals surface area (Å²) in [6.45, 7) is 0. The van der Waals surface area contributed by atoms with Crippen LogP contribution in [0.1, 0.15) is 0 Å². The van der Waals surface area contributed by atoms with E-state index in [9.17, 15) is 0 Å². The van der Waals surface area contributed by atoms with Gasteiger partial charge in [0.25, 0.3) is 0 Å². The number of thioether (sulfide) groups is 1. The van der Waals surface area contributed by atoms with E-state index in [0.717, 1.165) is 0 Å². The van der Waals surface area contributed by atoms with Crippen LogP contribution in [0.15, 0.2) is 10.3 Å². The molecule has 0 fully saturated rings. The molecule has 0 aliphatic carbocycles. The molecular formula is C3H3ClS. The number of rotatable bonds is 1. The van der Waals surface area contributed by atoms with Gasteiger partial charge in [0.2, 0.25) is 0 Å². The number of halogens is 1. The van der Waals surface area contributed by atoms with Crippen LogP contribution in [0.25, 0.3) is 0 Å².